The summed E-state index contributed by atoms with van der Waals surface area (Å²) in [7, 11) is 1.48. The second-order valence-corrected chi connectivity index (χ2v) is 9.56. The van der Waals surface area contributed by atoms with E-state index in [0.717, 1.165) is 5.56 Å². The second-order valence-electron chi connectivity index (χ2n) is 9.56. The average Bonchev–Trinajstić information content (AvgIpc) is 3.31. The molecule has 3 heterocycles. The number of carbonyl (C=O) groups is 2. The first kappa shape index (κ1) is 26.7. The summed E-state index contributed by atoms with van der Waals surface area (Å²) >= 11 is 0. The smallest absolute Gasteiger partial charge is 0.412 e. The van der Waals surface area contributed by atoms with Crippen molar-refractivity contribution in [2.75, 3.05) is 31.2 Å². The second kappa shape index (κ2) is 11.1. The van der Waals surface area contributed by atoms with Gasteiger partial charge in [0.1, 0.15) is 30.2 Å². The summed E-state index contributed by atoms with van der Waals surface area (Å²) in [5.74, 6) is 0.580. The maximum atomic E-state index is 12.4. The molecule has 0 aliphatic carbocycles. The molecule has 208 valence electrons. The van der Waals surface area contributed by atoms with E-state index in [-0.39, 0.29) is 44.9 Å². The number of anilines is 2. The van der Waals surface area contributed by atoms with Gasteiger partial charge in [0.05, 0.1) is 30.3 Å². The Balaban J connectivity index is 1.39. The van der Waals surface area contributed by atoms with Gasteiger partial charge in [-0.25, -0.2) is 24.2 Å². The Labute approximate surface area is 229 Å². The Kier molecular flexibility index (Phi) is 7.38. The van der Waals surface area contributed by atoms with E-state index in [2.05, 4.69) is 15.3 Å². The van der Waals surface area contributed by atoms with Crippen molar-refractivity contribution in [1.82, 2.24) is 24.6 Å². The molecule has 2 aromatic heterocycles. The van der Waals surface area contributed by atoms with E-state index in [1.54, 1.807) is 22.9 Å². The van der Waals surface area contributed by atoms with Crippen LogP contribution < -0.4 is 15.8 Å². The molecule has 13 heteroatoms. The minimum absolute atomic E-state index is 0.0947. The molecule has 0 spiro atoms. The van der Waals surface area contributed by atoms with Crippen LogP contribution in [-0.2, 0) is 17.9 Å². The number of carbonyl (C=O) groups excluding carboxylic acids is 1. The Morgan fingerprint density at radius 1 is 1.12 bits per heavy atom. The number of carboxylic acid groups (broad SMARTS) is 1. The van der Waals surface area contributed by atoms with Crippen molar-refractivity contribution in [2.24, 2.45) is 0 Å². The third-order valence-corrected chi connectivity index (χ3v) is 6.89. The number of methoxy groups -OCH3 is 1. The number of ether oxygens (including phenoxy) is 2. The van der Waals surface area contributed by atoms with Crippen molar-refractivity contribution in [1.29, 1.82) is 0 Å². The Morgan fingerprint density at radius 2 is 1.88 bits per heavy atom. The van der Waals surface area contributed by atoms with Gasteiger partial charge in [-0.3, -0.25) is 5.32 Å². The van der Waals surface area contributed by atoms with Crippen LogP contribution in [0.3, 0.4) is 0 Å². The molecule has 1 saturated heterocycles. The molecular formula is C27H29N7O6. The van der Waals surface area contributed by atoms with E-state index < -0.39 is 17.8 Å². The summed E-state index contributed by atoms with van der Waals surface area (Å²) in [5.41, 5.74) is 7.84. The van der Waals surface area contributed by atoms with Crippen LogP contribution in [0, 0.1) is 0 Å². The standard InChI is InChI=1S/C27H29N7O6/c1-39-20-13-18(7-8-19(20)31-25(35)40-14-17-5-3-2-4-6-17)22-21-23(28)29-16-30-24(21)34(32-22)15-27(38)9-11-33(12-10-27)26(36)37/h2-8,13,16,38H,9-12,14-15H2,1H3,(H,31,35)(H,36,37)(H2,28,29,30). The molecule has 5 N–H and O–H groups in total. The van der Waals surface area contributed by atoms with Crippen molar-refractivity contribution in [3.05, 3.63) is 60.4 Å². The van der Waals surface area contributed by atoms with Gasteiger partial charge < -0.3 is 30.3 Å². The molecule has 1 fully saturated rings. The van der Waals surface area contributed by atoms with Crippen molar-refractivity contribution in [2.45, 2.75) is 31.6 Å². The zero-order chi connectivity index (χ0) is 28.3. The van der Waals surface area contributed by atoms with Crippen LogP contribution in [0.2, 0.25) is 0 Å². The fraction of sp³-hybridized carbons (Fsp3) is 0.296. The van der Waals surface area contributed by atoms with Crippen LogP contribution in [0.25, 0.3) is 22.3 Å². The van der Waals surface area contributed by atoms with Gasteiger partial charge in [0.25, 0.3) is 0 Å². The summed E-state index contributed by atoms with van der Waals surface area (Å²) < 4.78 is 12.4. The predicted molar refractivity (Wildman–Crippen MR) is 146 cm³/mol. The highest BCUT2D eigenvalue weighted by atomic mass is 16.5. The number of nitrogens with two attached hydrogens (primary N) is 1. The highest BCUT2D eigenvalue weighted by Crippen LogP contribution is 2.36. The van der Waals surface area contributed by atoms with Crippen LogP contribution >= 0.6 is 0 Å². The van der Waals surface area contributed by atoms with Crippen LogP contribution in [0.5, 0.6) is 5.75 Å². The Morgan fingerprint density at radius 3 is 2.58 bits per heavy atom. The molecule has 2 aromatic carbocycles. The quantitative estimate of drug-likeness (QED) is 0.268. The van der Waals surface area contributed by atoms with Crippen molar-refractivity contribution < 1.29 is 29.3 Å². The topological polar surface area (TPSA) is 178 Å². The number of amides is 2. The molecule has 5 rings (SSSR count). The fourth-order valence-electron chi connectivity index (χ4n) is 4.70. The zero-order valence-electron chi connectivity index (χ0n) is 21.8. The Hall–Kier alpha value is -4.91. The predicted octanol–water partition coefficient (Wildman–Crippen LogP) is 3.34. The van der Waals surface area contributed by atoms with Crippen molar-refractivity contribution >= 4 is 34.7 Å². The van der Waals surface area contributed by atoms with Gasteiger partial charge >= 0.3 is 12.2 Å². The van der Waals surface area contributed by atoms with Gasteiger partial charge in [-0.15, -0.1) is 0 Å². The van der Waals surface area contributed by atoms with Gasteiger partial charge in [-0.2, -0.15) is 5.10 Å². The number of fused-ring (bicyclic) bond motifs is 1. The minimum atomic E-state index is -1.17. The number of likely N-dealkylation sites (tertiary alicyclic amines) is 1. The van der Waals surface area contributed by atoms with Crippen molar-refractivity contribution in [3.63, 3.8) is 0 Å². The molecule has 4 aromatic rings. The average molecular weight is 548 g/mol. The monoisotopic (exact) mass is 547 g/mol. The lowest BCUT2D eigenvalue weighted by Crippen LogP contribution is -2.48. The van der Waals surface area contributed by atoms with Gasteiger partial charge in [-0.05, 0) is 30.5 Å². The third kappa shape index (κ3) is 5.59. The third-order valence-electron chi connectivity index (χ3n) is 6.89. The molecule has 13 nitrogen and oxygen atoms in total. The van der Waals surface area contributed by atoms with Gasteiger partial charge in [0, 0.05) is 18.7 Å². The number of nitrogens with one attached hydrogen (secondary N) is 1. The van der Waals surface area contributed by atoms with Gasteiger partial charge in [0.2, 0.25) is 0 Å². The molecule has 0 saturated carbocycles. The first-order chi connectivity index (χ1) is 19.3. The molecule has 0 bridgehead atoms. The van der Waals surface area contributed by atoms with E-state index in [1.165, 1.54) is 18.3 Å². The van der Waals surface area contributed by atoms with E-state index in [4.69, 9.17) is 20.3 Å². The molecule has 1 aliphatic rings. The van der Waals surface area contributed by atoms with Crippen molar-refractivity contribution in [3.8, 4) is 17.0 Å². The molecule has 0 radical (unpaired) electrons. The highest BCUT2D eigenvalue weighted by Gasteiger charge is 2.35. The number of rotatable bonds is 7. The lowest BCUT2D eigenvalue weighted by molar-refractivity contribution is -0.0311. The molecule has 1 aliphatic heterocycles. The molecular weight excluding hydrogens is 518 g/mol. The summed E-state index contributed by atoms with van der Waals surface area (Å²) in [6.07, 6.45) is 0.192. The lowest BCUT2D eigenvalue weighted by Gasteiger charge is -2.36. The summed E-state index contributed by atoms with van der Waals surface area (Å²) in [6.45, 7) is 0.650. The lowest BCUT2D eigenvalue weighted by atomic mass is 9.91. The van der Waals surface area contributed by atoms with Crippen LogP contribution in [0.4, 0.5) is 21.1 Å². The number of benzene rings is 2. The SMILES string of the molecule is COc1cc(-c2nn(CC3(O)CCN(C(=O)O)CC3)c3ncnc(N)c23)ccc1NC(=O)OCc1ccccc1. The number of nitrogens with zero attached hydrogens (tertiary/aromatic N) is 5. The number of aromatic nitrogens is 4. The number of piperidine rings is 1. The molecule has 0 unspecified atom stereocenters. The maximum Gasteiger partial charge on any atom is 0.412 e. The first-order valence-electron chi connectivity index (χ1n) is 12.6. The van der Waals surface area contributed by atoms with Crippen LogP contribution in [0.15, 0.2) is 54.9 Å². The van der Waals surface area contributed by atoms with Crippen LogP contribution in [0.1, 0.15) is 18.4 Å². The van der Waals surface area contributed by atoms with Gasteiger partial charge in [-0.1, -0.05) is 36.4 Å². The zero-order valence-corrected chi connectivity index (χ0v) is 21.8. The summed E-state index contributed by atoms with van der Waals surface area (Å²) in [6, 6.07) is 14.4. The molecule has 0 atom stereocenters. The van der Waals surface area contributed by atoms with E-state index in [0.29, 0.717) is 33.7 Å². The fourth-order valence-corrected chi connectivity index (χ4v) is 4.70. The number of hydrogen-bond acceptors (Lipinski definition) is 9. The maximum absolute atomic E-state index is 12.4. The highest BCUT2D eigenvalue weighted by molar-refractivity contribution is 5.99. The Bertz CT molecular complexity index is 1530. The van der Waals surface area contributed by atoms with Gasteiger partial charge in [0.15, 0.2) is 5.65 Å². The minimum Gasteiger partial charge on any atom is -0.495 e. The number of aliphatic hydroxyl groups is 1. The summed E-state index contributed by atoms with van der Waals surface area (Å²) in [4.78, 5) is 33.4. The molecule has 40 heavy (non-hydrogen) atoms. The van der Waals surface area contributed by atoms with E-state index in [1.807, 2.05) is 30.3 Å². The van der Waals surface area contributed by atoms with E-state index >= 15 is 0 Å². The summed E-state index contributed by atoms with van der Waals surface area (Å²) in [5, 5.41) is 28.4. The normalized spacial score (nSPS) is 14.6. The van der Waals surface area contributed by atoms with Crippen LogP contribution in [-0.4, -0.2) is 72.8 Å². The first-order valence-corrected chi connectivity index (χ1v) is 12.6. The molecule has 2 amide bonds. The number of nitrogen functional groups attached to an aromatic ring is 1. The largest absolute Gasteiger partial charge is 0.495 e. The van der Waals surface area contributed by atoms with E-state index in [9.17, 15) is 19.8 Å². The number of hydrogen-bond donors (Lipinski definition) is 4.